The topological polar surface area (TPSA) is 48.5 Å². The average molecular weight is 407 g/mol. The number of hydrogen-bond acceptors (Lipinski definition) is 5. The van der Waals surface area contributed by atoms with Gasteiger partial charge in [0.05, 0.1) is 12.2 Å². The standard InChI is InChI=1S/C22H38N4OS/c1-4-26-11-5-6-19(26)14-23-21(27)8-7-18-9-12-25(13-10-18)15-22-24-20(16-28-22)17(2)3/h16-19H,4-15H2,1-3H3,(H,23,27). The van der Waals surface area contributed by atoms with Gasteiger partial charge >= 0.3 is 0 Å². The van der Waals surface area contributed by atoms with E-state index in [0.717, 1.165) is 39.1 Å². The number of likely N-dealkylation sites (N-methyl/N-ethyl adjacent to an activating group) is 1. The van der Waals surface area contributed by atoms with Gasteiger partial charge in [0.2, 0.25) is 5.91 Å². The van der Waals surface area contributed by atoms with Crippen molar-refractivity contribution in [1.29, 1.82) is 0 Å². The van der Waals surface area contributed by atoms with Gasteiger partial charge in [0.25, 0.3) is 0 Å². The first-order valence-electron chi connectivity index (χ1n) is 11.2. The zero-order chi connectivity index (χ0) is 19.9. The first kappa shape index (κ1) is 21.7. The third-order valence-corrected chi connectivity index (χ3v) is 7.30. The van der Waals surface area contributed by atoms with Crippen LogP contribution in [0.15, 0.2) is 5.38 Å². The van der Waals surface area contributed by atoms with E-state index in [0.29, 0.717) is 24.3 Å². The van der Waals surface area contributed by atoms with Crippen LogP contribution in [0.5, 0.6) is 0 Å². The molecule has 3 rings (SSSR count). The van der Waals surface area contributed by atoms with Crippen LogP contribution in [-0.2, 0) is 11.3 Å². The number of hydrogen-bond donors (Lipinski definition) is 1. The molecule has 1 atom stereocenters. The van der Waals surface area contributed by atoms with Crippen molar-refractivity contribution < 1.29 is 4.79 Å². The average Bonchev–Trinajstić information content (AvgIpc) is 3.35. The molecule has 3 heterocycles. The van der Waals surface area contributed by atoms with E-state index in [1.165, 1.54) is 42.9 Å². The number of nitrogens with one attached hydrogen (secondary N) is 1. The fourth-order valence-electron chi connectivity index (χ4n) is 4.49. The quantitative estimate of drug-likeness (QED) is 0.676. The summed E-state index contributed by atoms with van der Waals surface area (Å²) in [6.45, 7) is 13.0. The van der Waals surface area contributed by atoms with E-state index < -0.39 is 0 Å². The lowest BCUT2D eigenvalue weighted by molar-refractivity contribution is -0.121. The van der Waals surface area contributed by atoms with Gasteiger partial charge in [0.15, 0.2) is 0 Å². The van der Waals surface area contributed by atoms with Crippen LogP contribution in [0.2, 0.25) is 0 Å². The maximum Gasteiger partial charge on any atom is 0.220 e. The van der Waals surface area contributed by atoms with Crippen LogP contribution in [0.3, 0.4) is 0 Å². The summed E-state index contributed by atoms with van der Waals surface area (Å²) in [6, 6.07) is 0.555. The van der Waals surface area contributed by atoms with Gasteiger partial charge in [-0.2, -0.15) is 0 Å². The van der Waals surface area contributed by atoms with E-state index >= 15 is 0 Å². The van der Waals surface area contributed by atoms with E-state index in [1.807, 2.05) is 0 Å². The summed E-state index contributed by atoms with van der Waals surface area (Å²) in [7, 11) is 0. The lowest BCUT2D eigenvalue weighted by atomic mass is 9.92. The van der Waals surface area contributed by atoms with Crippen molar-refractivity contribution in [3.8, 4) is 0 Å². The number of likely N-dealkylation sites (tertiary alicyclic amines) is 2. The van der Waals surface area contributed by atoms with Crippen molar-refractivity contribution >= 4 is 17.2 Å². The van der Waals surface area contributed by atoms with Gasteiger partial charge in [-0.05, 0) is 70.1 Å². The van der Waals surface area contributed by atoms with Crippen LogP contribution in [0.4, 0.5) is 0 Å². The molecule has 5 nitrogen and oxygen atoms in total. The molecule has 1 amide bonds. The molecule has 1 aromatic rings. The first-order chi connectivity index (χ1) is 13.5. The monoisotopic (exact) mass is 406 g/mol. The summed E-state index contributed by atoms with van der Waals surface area (Å²) >= 11 is 1.79. The summed E-state index contributed by atoms with van der Waals surface area (Å²) in [5, 5.41) is 6.63. The molecule has 0 spiro atoms. The Balaban J connectivity index is 1.30. The molecule has 2 aliphatic rings. The molecule has 2 saturated heterocycles. The number of aromatic nitrogens is 1. The molecule has 1 aromatic heterocycles. The van der Waals surface area contributed by atoms with E-state index in [4.69, 9.17) is 4.98 Å². The zero-order valence-electron chi connectivity index (χ0n) is 18.0. The Morgan fingerprint density at radius 2 is 2.07 bits per heavy atom. The molecule has 0 aliphatic carbocycles. The predicted octanol–water partition coefficient (Wildman–Crippen LogP) is 3.86. The van der Waals surface area contributed by atoms with Crippen molar-refractivity contribution in [2.24, 2.45) is 5.92 Å². The second kappa shape index (κ2) is 10.7. The molecule has 0 aromatic carbocycles. The first-order valence-corrected chi connectivity index (χ1v) is 12.1. The third kappa shape index (κ3) is 6.26. The van der Waals surface area contributed by atoms with Gasteiger partial charge in [-0.1, -0.05) is 20.8 Å². The molecule has 0 saturated carbocycles. The Morgan fingerprint density at radius 3 is 2.75 bits per heavy atom. The van der Waals surface area contributed by atoms with Crippen LogP contribution >= 0.6 is 11.3 Å². The lowest BCUT2D eigenvalue weighted by Crippen LogP contribution is -2.40. The van der Waals surface area contributed by atoms with Gasteiger partial charge in [-0.15, -0.1) is 11.3 Å². The molecular weight excluding hydrogens is 368 g/mol. The number of piperidine rings is 1. The minimum absolute atomic E-state index is 0.245. The Morgan fingerprint density at radius 1 is 1.29 bits per heavy atom. The molecule has 1 unspecified atom stereocenters. The SMILES string of the molecule is CCN1CCCC1CNC(=O)CCC1CCN(Cc2nc(C(C)C)cs2)CC1. The molecule has 0 bridgehead atoms. The number of amides is 1. The Hall–Kier alpha value is -0.980. The number of carbonyl (C=O) groups excluding carboxylic acids is 1. The smallest absolute Gasteiger partial charge is 0.220 e. The van der Waals surface area contributed by atoms with Crippen LogP contribution < -0.4 is 5.32 Å². The molecule has 2 aliphatic heterocycles. The van der Waals surface area contributed by atoms with Crippen molar-refractivity contribution in [2.75, 3.05) is 32.7 Å². The van der Waals surface area contributed by atoms with E-state index in [9.17, 15) is 4.79 Å². The minimum Gasteiger partial charge on any atom is -0.355 e. The van der Waals surface area contributed by atoms with Gasteiger partial charge in [0.1, 0.15) is 5.01 Å². The minimum atomic E-state index is 0.245. The molecule has 0 radical (unpaired) electrons. The van der Waals surface area contributed by atoms with Crippen molar-refractivity contribution in [3.63, 3.8) is 0 Å². The van der Waals surface area contributed by atoms with Crippen molar-refractivity contribution in [2.45, 2.75) is 77.8 Å². The molecule has 158 valence electrons. The molecule has 2 fully saturated rings. The maximum atomic E-state index is 12.3. The van der Waals surface area contributed by atoms with E-state index in [-0.39, 0.29) is 5.91 Å². The Bertz CT molecular complexity index is 609. The van der Waals surface area contributed by atoms with Crippen molar-refractivity contribution in [1.82, 2.24) is 20.1 Å². The maximum absolute atomic E-state index is 12.3. The van der Waals surface area contributed by atoms with Crippen LogP contribution in [0, 0.1) is 5.92 Å². The summed E-state index contributed by atoms with van der Waals surface area (Å²) in [5.74, 6) is 1.46. The third-order valence-electron chi connectivity index (χ3n) is 6.45. The van der Waals surface area contributed by atoms with Gasteiger partial charge in [-0.3, -0.25) is 14.6 Å². The van der Waals surface area contributed by atoms with Gasteiger partial charge in [-0.25, -0.2) is 4.98 Å². The molecule has 6 heteroatoms. The fourth-order valence-corrected chi connectivity index (χ4v) is 5.48. The zero-order valence-corrected chi connectivity index (χ0v) is 18.8. The number of thiazole rings is 1. The van der Waals surface area contributed by atoms with E-state index in [1.54, 1.807) is 11.3 Å². The number of nitrogens with zero attached hydrogens (tertiary/aromatic N) is 3. The van der Waals surface area contributed by atoms with Crippen LogP contribution in [0.25, 0.3) is 0 Å². The highest BCUT2D eigenvalue weighted by atomic mass is 32.1. The predicted molar refractivity (Wildman–Crippen MR) is 117 cm³/mol. The Kier molecular flexibility index (Phi) is 8.30. The fraction of sp³-hybridized carbons (Fsp3) is 0.818. The second-order valence-corrected chi connectivity index (χ2v) is 9.75. The normalized spacial score (nSPS) is 22.2. The van der Waals surface area contributed by atoms with Gasteiger partial charge < -0.3 is 5.32 Å². The highest BCUT2D eigenvalue weighted by Gasteiger charge is 2.24. The second-order valence-electron chi connectivity index (χ2n) is 8.81. The molecule has 28 heavy (non-hydrogen) atoms. The van der Waals surface area contributed by atoms with Crippen molar-refractivity contribution in [3.05, 3.63) is 16.1 Å². The number of rotatable bonds is 9. The summed E-state index contributed by atoms with van der Waals surface area (Å²) in [6.07, 6.45) is 6.64. The van der Waals surface area contributed by atoms with Gasteiger partial charge in [0, 0.05) is 24.4 Å². The number of carbonyl (C=O) groups is 1. The summed E-state index contributed by atoms with van der Waals surface area (Å²) in [4.78, 5) is 22.0. The van der Waals surface area contributed by atoms with E-state index in [2.05, 4.69) is 41.3 Å². The summed E-state index contributed by atoms with van der Waals surface area (Å²) < 4.78 is 0. The largest absolute Gasteiger partial charge is 0.355 e. The lowest BCUT2D eigenvalue weighted by Gasteiger charge is -2.31. The molecule has 1 N–H and O–H groups in total. The highest BCUT2D eigenvalue weighted by molar-refractivity contribution is 7.09. The van der Waals surface area contributed by atoms with Crippen LogP contribution in [-0.4, -0.2) is 59.5 Å². The Labute approximate surface area is 174 Å². The highest BCUT2D eigenvalue weighted by Crippen LogP contribution is 2.25. The molecular formula is C22H38N4OS. The summed E-state index contributed by atoms with van der Waals surface area (Å²) in [5.41, 5.74) is 1.22. The van der Waals surface area contributed by atoms with Crippen LogP contribution in [0.1, 0.15) is 75.9 Å².